The van der Waals surface area contributed by atoms with E-state index in [0.717, 1.165) is 0 Å². The standard InChI is InChI=1S/C3H3N3OS/c7-2-3(8)1-4-6-5-3/h1-2,8H. The van der Waals surface area contributed by atoms with Crippen LogP contribution in [0.25, 0.3) is 0 Å². The van der Waals surface area contributed by atoms with Crippen molar-refractivity contribution in [2.45, 2.75) is 4.87 Å². The Labute approximate surface area is 51.1 Å². The normalized spacial score (nSPS) is 33.6. The second-order valence-electron chi connectivity index (χ2n) is 1.33. The van der Waals surface area contributed by atoms with E-state index < -0.39 is 4.87 Å². The maximum atomic E-state index is 10.0. The lowest BCUT2D eigenvalue weighted by Crippen LogP contribution is -2.18. The molecule has 0 aliphatic carbocycles. The Morgan fingerprint density at radius 1 is 1.75 bits per heavy atom. The average Bonchev–Trinajstić information content (AvgIpc) is 2.17. The van der Waals surface area contributed by atoms with Gasteiger partial charge in [-0.3, -0.25) is 4.79 Å². The zero-order chi connectivity index (χ0) is 6.04. The fraction of sp³-hybridized carbons (Fsp3) is 0.333. The van der Waals surface area contributed by atoms with Gasteiger partial charge in [0.15, 0.2) is 6.29 Å². The third-order valence-corrected chi connectivity index (χ3v) is 0.988. The Kier molecular flexibility index (Phi) is 1.13. The first-order chi connectivity index (χ1) is 3.77. The number of rotatable bonds is 1. The molecule has 0 amide bonds. The Bertz CT molecular complexity index is 152. The number of thiol groups is 1. The number of hydrogen-bond donors (Lipinski definition) is 1. The summed E-state index contributed by atoms with van der Waals surface area (Å²) in [5, 5.41) is 9.91. The molecule has 0 aromatic rings. The van der Waals surface area contributed by atoms with Gasteiger partial charge in [0.25, 0.3) is 0 Å². The predicted molar refractivity (Wildman–Crippen MR) is 31.1 cm³/mol. The highest BCUT2D eigenvalue weighted by molar-refractivity contribution is 7.83. The van der Waals surface area contributed by atoms with Crippen LogP contribution in [0.5, 0.6) is 0 Å². The molecule has 1 heterocycles. The molecule has 4 nitrogen and oxygen atoms in total. The van der Waals surface area contributed by atoms with Gasteiger partial charge in [-0.15, -0.1) is 22.8 Å². The van der Waals surface area contributed by atoms with Crippen molar-refractivity contribution in [3.63, 3.8) is 0 Å². The molecule has 8 heavy (non-hydrogen) atoms. The Morgan fingerprint density at radius 2 is 2.50 bits per heavy atom. The van der Waals surface area contributed by atoms with E-state index in [4.69, 9.17) is 0 Å². The number of hydrogen-bond acceptors (Lipinski definition) is 5. The second-order valence-corrected chi connectivity index (χ2v) is 2.05. The van der Waals surface area contributed by atoms with E-state index in [-0.39, 0.29) is 0 Å². The maximum Gasteiger partial charge on any atom is 0.218 e. The molecule has 42 valence electrons. The van der Waals surface area contributed by atoms with Crippen LogP contribution in [0.4, 0.5) is 0 Å². The Hall–Kier alpha value is -0.710. The van der Waals surface area contributed by atoms with Crippen LogP contribution in [-0.4, -0.2) is 17.4 Å². The van der Waals surface area contributed by atoms with E-state index in [0.29, 0.717) is 6.29 Å². The zero-order valence-corrected chi connectivity index (χ0v) is 4.75. The van der Waals surface area contributed by atoms with Gasteiger partial charge in [0.2, 0.25) is 4.87 Å². The first kappa shape index (κ1) is 5.43. The molecule has 0 fully saturated rings. The molecule has 0 radical (unpaired) electrons. The van der Waals surface area contributed by atoms with Gasteiger partial charge >= 0.3 is 0 Å². The van der Waals surface area contributed by atoms with Gasteiger partial charge in [-0.1, -0.05) is 0 Å². The molecule has 0 N–H and O–H groups in total. The van der Waals surface area contributed by atoms with Crippen molar-refractivity contribution in [3.05, 3.63) is 0 Å². The zero-order valence-electron chi connectivity index (χ0n) is 3.85. The van der Waals surface area contributed by atoms with Crippen molar-refractivity contribution in [3.8, 4) is 0 Å². The van der Waals surface area contributed by atoms with E-state index in [1.165, 1.54) is 6.21 Å². The summed E-state index contributed by atoms with van der Waals surface area (Å²) in [6, 6.07) is 0. The van der Waals surface area contributed by atoms with Gasteiger partial charge in [0, 0.05) is 0 Å². The summed E-state index contributed by atoms with van der Waals surface area (Å²) in [5.74, 6) is 0. The summed E-state index contributed by atoms with van der Waals surface area (Å²) < 4.78 is 0. The first-order valence-corrected chi connectivity index (χ1v) is 2.37. The van der Waals surface area contributed by atoms with Gasteiger partial charge in [-0.2, -0.15) is 0 Å². The summed E-state index contributed by atoms with van der Waals surface area (Å²) in [5.41, 5.74) is 0. The summed E-state index contributed by atoms with van der Waals surface area (Å²) in [7, 11) is 0. The van der Waals surface area contributed by atoms with Gasteiger partial charge < -0.3 is 0 Å². The third kappa shape index (κ3) is 0.764. The van der Waals surface area contributed by atoms with Crippen LogP contribution in [0.15, 0.2) is 15.4 Å². The summed E-state index contributed by atoms with van der Waals surface area (Å²) >= 11 is 3.80. The molecular weight excluding hydrogens is 126 g/mol. The third-order valence-electron chi connectivity index (χ3n) is 0.678. The van der Waals surface area contributed by atoms with E-state index >= 15 is 0 Å². The topological polar surface area (TPSA) is 54.1 Å². The molecule has 0 bridgehead atoms. The highest BCUT2D eigenvalue weighted by Crippen LogP contribution is 2.14. The summed E-state index contributed by atoms with van der Waals surface area (Å²) in [4.78, 5) is 8.92. The molecule has 0 spiro atoms. The first-order valence-electron chi connectivity index (χ1n) is 1.92. The lowest BCUT2D eigenvalue weighted by molar-refractivity contribution is -0.108. The fourth-order valence-electron chi connectivity index (χ4n) is 0.288. The second kappa shape index (κ2) is 1.66. The predicted octanol–water partition coefficient (Wildman–Crippen LogP) is 0.263. The maximum absolute atomic E-state index is 10.0. The van der Waals surface area contributed by atoms with E-state index in [1.54, 1.807) is 0 Å². The molecule has 1 rings (SSSR count). The number of carbonyl (C=O) groups excluding carboxylic acids is 1. The van der Waals surface area contributed by atoms with Crippen LogP contribution in [-0.2, 0) is 4.79 Å². The lowest BCUT2D eigenvalue weighted by Gasteiger charge is -1.99. The van der Waals surface area contributed by atoms with Gasteiger partial charge in [0.1, 0.15) is 0 Å². The molecule has 5 heteroatoms. The van der Waals surface area contributed by atoms with Crippen molar-refractivity contribution in [2.24, 2.45) is 15.4 Å². The van der Waals surface area contributed by atoms with Crippen LogP contribution in [0.2, 0.25) is 0 Å². The van der Waals surface area contributed by atoms with Crippen molar-refractivity contribution in [1.82, 2.24) is 0 Å². The minimum Gasteiger partial charge on any atom is -0.299 e. The Balaban J connectivity index is 2.83. The van der Waals surface area contributed by atoms with Gasteiger partial charge in [0.05, 0.1) is 6.21 Å². The SMILES string of the molecule is O=CC1(S)C=NN=N1. The molecule has 0 aromatic carbocycles. The van der Waals surface area contributed by atoms with Crippen LogP contribution in [0.3, 0.4) is 0 Å². The lowest BCUT2D eigenvalue weighted by atomic mass is 10.4. The van der Waals surface area contributed by atoms with Crippen LogP contribution >= 0.6 is 12.6 Å². The summed E-state index contributed by atoms with van der Waals surface area (Å²) in [6.45, 7) is 0. The van der Waals surface area contributed by atoms with Crippen LogP contribution in [0.1, 0.15) is 0 Å². The molecule has 1 atom stereocenters. The van der Waals surface area contributed by atoms with Crippen molar-refractivity contribution >= 4 is 25.1 Å². The highest BCUT2D eigenvalue weighted by Gasteiger charge is 2.24. The van der Waals surface area contributed by atoms with Crippen LogP contribution in [0, 0.1) is 0 Å². The molecular formula is C3H3N3OS. The largest absolute Gasteiger partial charge is 0.299 e. The minimum atomic E-state index is -1.08. The fourth-order valence-corrected chi connectivity index (χ4v) is 0.380. The molecule has 1 unspecified atom stereocenters. The summed E-state index contributed by atoms with van der Waals surface area (Å²) in [6.07, 6.45) is 1.83. The quantitative estimate of drug-likeness (QED) is 0.400. The highest BCUT2D eigenvalue weighted by atomic mass is 32.1. The number of nitrogens with zero attached hydrogens (tertiary/aromatic N) is 3. The van der Waals surface area contributed by atoms with Gasteiger partial charge in [-0.25, -0.2) is 0 Å². The van der Waals surface area contributed by atoms with E-state index in [2.05, 4.69) is 28.1 Å². The van der Waals surface area contributed by atoms with E-state index in [1.807, 2.05) is 0 Å². The van der Waals surface area contributed by atoms with Crippen LogP contribution < -0.4 is 0 Å². The van der Waals surface area contributed by atoms with Crippen molar-refractivity contribution < 1.29 is 4.79 Å². The number of carbonyl (C=O) groups is 1. The molecule has 0 saturated carbocycles. The number of aldehydes is 1. The van der Waals surface area contributed by atoms with Crippen molar-refractivity contribution in [1.29, 1.82) is 0 Å². The molecule has 0 saturated heterocycles. The smallest absolute Gasteiger partial charge is 0.218 e. The van der Waals surface area contributed by atoms with Crippen molar-refractivity contribution in [2.75, 3.05) is 0 Å². The average molecular weight is 129 g/mol. The monoisotopic (exact) mass is 129 g/mol. The minimum absolute atomic E-state index is 0.566. The van der Waals surface area contributed by atoms with E-state index in [9.17, 15) is 4.79 Å². The Morgan fingerprint density at radius 3 is 2.75 bits per heavy atom. The molecule has 0 aromatic heterocycles. The molecule has 1 aliphatic heterocycles. The molecule has 1 aliphatic rings. The van der Waals surface area contributed by atoms with Gasteiger partial charge in [-0.05, 0) is 5.22 Å².